The zero-order valence-corrected chi connectivity index (χ0v) is 8.95. The average molecular weight is 249 g/mol. The summed E-state index contributed by atoms with van der Waals surface area (Å²) in [6.45, 7) is 1.87. The number of alkyl halides is 3. The zero-order chi connectivity index (χ0) is 13.1. The normalized spacial score (nSPS) is 11.3. The van der Waals surface area contributed by atoms with Crippen LogP contribution in [0.25, 0.3) is 0 Å². The highest BCUT2D eigenvalue weighted by Gasteiger charge is 2.36. The van der Waals surface area contributed by atoms with E-state index in [-0.39, 0.29) is 12.4 Å². The van der Waals surface area contributed by atoms with Gasteiger partial charge >= 0.3 is 6.18 Å². The first kappa shape index (κ1) is 13.3. The van der Waals surface area contributed by atoms with Crippen molar-refractivity contribution < 1.29 is 22.8 Å². The maximum atomic E-state index is 12.6. The Bertz CT molecular complexity index is 418. The van der Waals surface area contributed by atoms with E-state index in [1.807, 2.05) is 0 Å². The molecule has 0 fully saturated rings. The van der Waals surface area contributed by atoms with Gasteiger partial charge in [0.05, 0.1) is 11.5 Å². The minimum atomic E-state index is -4.67. The smallest absolute Gasteiger partial charge is 0.420 e. The van der Waals surface area contributed by atoms with E-state index < -0.39 is 22.4 Å². The number of rotatable bonds is 4. The largest absolute Gasteiger partial charge is 0.493 e. The van der Waals surface area contributed by atoms with Crippen molar-refractivity contribution in [2.24, 2.45) is 0 Å². The molecule has 0 aromatic heterocycles. The SMILES string of the molecule is CCCOc1ccc([N+](=O)[O-])cc1C(F)(F)F. The highest BCUT2D eigenvalue weighted by atomic mass is 19.4. The quantitative estimate of drug-likeness (QED) is 0.607. The molecule has 0 unspecified atom stereocenters. The first-order chi connectivity index (χ1) is 7.86. The summed E-state index contributed by atoms with van der Waals surface area (Å²) in [5.41, 5.74) is -1.73. The molecule has 0 spiro atoms. The number of nitro groups is 1. The molecule has 1 aromatic rings. The van der Waals surface area contributed by atoms with E-state index in [9.17, 15) is 23.3 Å². The number of benzene rings is 1. The lowest BCUT2D eigenvalue weighted by atomic mass is 10.1. The molecule has 0 heterocycles. The van der Waals surface area contributed by atoms with Crippen LogP contribution in [-0.4, -0.2) is 11.5 Å². The number of nitrogens with zero attached hydrogens (tertiary/aromatic N) is 1. The summed E-state index contributed by atoms with van der Waals surface area (Å²) >= 11 is 0. The summed E-state index contributed by atoms with van der Waals surface area (Å²) in [6.07, 6.45) is -4.12. The summed E-state index contributed by atoms with van der Waals surface area (Å²) in [5, 5.41) is 10.4. The van der Waals surface area contributed by atoms with Crippen LogP contribution in [0.2, 0.25) is 0 Å². The second kappa shape index (κ2) is 5.03. The first-order valence-electron chi connectivity index (χ1n) is 4.84. The Hall–Kier alpha value is -1.79. The lowest BCUT2D eigenvalue weighted by molar-refractivity contribution is -0.385. The van der Waals surface area contributed by atoms with Crippen molar-refractivity contribution in [2.75, 3.05) is 6.61 Å². The summed E-state index contributed by atoms with van der Waals surface area (Å²) in [7, 11) is 0. The minimum absolute atomic E-state index is 0.126. The van der Waals surface area contributed by atoms with Gasteiger partial charge in [-0.3, -0.25) is 10.1 Å². The van der Waals surface area contributed by atoms with E-state index in [4.69, 9.17) is 4.74 Å². The number of hydrogen-bond donors (Lipinski definition) is 0. The van der Waals surface area contributed by atoms with Crippen LogP contribution in [0.5, 0.6) is 5.75 Å². The van der Waals surface area contributed by atoms with E-state index in [2.05, 4.69) is 0 Å². The van der Waals surface area contributed by atoms with Crippen LogP contribution in [0.15, 0.2) is 18.2 Å². The molecule has 0 saturated carbocycles. The topological polar surface area (TPSA) is 52.4 Å². The molecule has 0 aliphatic rings. The van der Waals surface area contributed by atoms with Gasteiger partial charge in [-0.05, 0) is 12.5 Å². The molecular formula is C10H10F3NO3. The Morgan fingerprint density at radius 1 is 1.41 bits per heavy atom. The standard InChI is InChI=1S/C10H10F3NO3/c1-2-5-17-9-4-3-7(14(15)16)6-8(9)10(11,12)13/h3-4,6H,2,5H2,1H3. The minimum Gasteiger partial charge on any atom is -0.493 e. The molecule has 94 valence electrons. The fourth-order valence-corrected chi connectivity index (χ4v) is 1.19. The predicted octanol–water partition coefficient (Wildman–Crippen LogP) is 3.40. The number of ether oxygens (including phenoxy) is 1. The van der Waals surface area contributed by atoms with Crippen LogP contribution >= 0.6 is 0 Å². The van der Waals surface area contributed by atoms with Gasteiger partial charge in [0.15, 0.2) is 0 Å². The summed E-state index contributed by atoms with van der Waals surface area (Å²) < 4.78 is 42.8. The van der Waals surface area contributed by atoms with Gasteiger partial charge in [0, 0.05) is 12.1 Å². The fraction of sp³-hybridized carbons (Fsp3) is 0.400. The van der Waals surface area contributed by atoms with Crippen LogP contribution in [0, 0.1) is 10.1 Å². The Morgan fingerprint density at radius 3 is 2.53 bits per heavy atom. The fourth-order valence-electron chi connectivity index (χ4n) is 1.19. The molecule has 17 heavy (non-hydrogen) atoms. The van der Waals surface area contributed by atoms with Crippen LogP contribution < -0.4 is 4.74 Å². The molecule has 1 aromatic carbocycles. The molecule has 0 N–H and O–H groups in total. The van der Waals surface area contributed by atoms with Gasteiger partial charge in [-0.1, -0.05) is 6.92 Å². The van der Waals surface area contributed by atoms with Crippen molar-refractivity contribution >= 4 is 5.69 Å². The number of nitro benzene ring substituents is 1. The van der Waals surface area contributed by atoms with Crippen molar-refractivity contribution in [2.45, 2.75) is 19.5 Å². The van der Waals surface area contributed by atoms with Gasteiger partial charge < -0.3 is 4.74 Å². The Morgan fingerprint density at radius 2 is 2.06 bits per heavy atom. The van der Waals surface area contributed by atoms with Crippen molar-refractivity contribution in [3.63, 3.8) is 0 Å². The first-order valence-corrected chi connectivity index (χ1v) is 4.84. The molecule has 0 atom stereocenters. The zero-order valence-electron chi connectivity index (χ0n) is 8.95. The third-order valence-electron chi connectivity index (χ3n) is 1.94. The predicted molar refractivity (Wildman–Crippen MR) is 53.9 cm³/mol. The Labute approximate surface area is 95.2 Å². The molecule has 0 saturated heterocycles. The summed E-state index contributed by atoms with van der Waals surface area (Å²) in [4.78, 5) is 9.53. The highest BCUT2D eigenvalue weighted by molar-refractivity contribution is 5.45. The molecule has 4 nitrogen and oxygen atoms in total. The van der Waals surface area contributed by atoms with Crippen molar-refractivity contribution in [1.82, 2.24) is 0 Å². The van der Waals surface area contributed by atoms with Crippen molar-refractivity contribution in [3.05, 3.63) is 33.9 Å². The second-order valence-corrected chi connectivity index (χ2v) is 3.28. The van der Waals surface area contributed by atoms with Gasteiger partial charge in [0.25, 0.3) is 5.69 Å². The van der Waals surface area contributed by atoms with E-state index in [0.717, 1.165) is 12.1 Å². The molecule has 0 aliphatic heterocycles. The Kier molecular flexibility index (Phi) is 3.93. The van der Waals surface area contributed by atoms with E-state index in [0.29, 0.717) is 12.5 Å². The number of hydrogen-bond acceptors (Lipinski definition) is 3. The molecule has 0 radical (unpaired) electrons. The molecule has 7 heteroatoms. The Balaban J connectivity index is 3.17. The van der Waals surface area contributed by atoms with Gasteiger partial charge in [-0.2, -0.15) is 13.2 Å². The lowest BCUT2D eigenvalue weighted by Gasteiger charge is -2.13. The second-order valence-electron chi connectivity index (χ2n) is 3.28. The molecule has 0 aliphatic carbocycles. The maximum absolute atomic E-state index is 12.6. The van der Waals surface area contributed by atoms with Crippen molar-refractivity contribution in [1.29, 1.82) is 0 Å². The third kappa shape index (κ3) is 3.33. The van der Waals surface area contributed by atoms with Crippen LogP contribution in [0.3, 0.4) is 0 Å². The molecular weight excluding hydrogens is 239 g/mol. The van der Waals surface area contributed by atoms with Gasteiger partial charge in [0.1, 0.15) is 11.3 Å². The van der Waals surface area contributed by atoms with Gasteiger partial charge in [-0.15, -0.1) is 0 Å². The molecule has 0 amide bonds. The average Bonchev–Trinajstić information content (AvgIpc) is 2.24. The van der Waals surface area contributed by atoms with E-state index in [1.54, 1.807) is 6.92 Å². The lowest BCUT2D eigenvalue weighted by Crippen LogP contribution is -2.09. The number of non-ortho nitro benzene ring substituents is 1. The van der Waals surface area contributed by atoms with Crippen LogP contribution in [0.1, 0.15) is 18.9 Å². The summed E-state index contributed by atoms with van der Waals surface area (Å²) in [5.74, 6) is -0.384. The van der Waals surface area contributed by atoms with Gasteiger partial charge in [0.2, 0.25) is 0 Å². The number of halogens is 3. The van der Waals surface area contributed by atoms with E-state index >= 15 is 0 Å². The van der Waals surface area contributed by atoms with E-state index in [1.165, 1.54) is 0 Å². The van der Waals surface area contributed by atoms with Crippen LogP contribution in [0.4, 0.5) is 18.9 Å². The summed E-state index contributed by atoms with van der Waals surface area (Å²) in [6, 6.07) is 2.43. The third-order valence-corrected chi connectivity index (χ3v) is 1.94. The monoisotopic (exact) mass is 249 g/mol. The van der Waals surface area contributed by atoms with Gasteiger partial charge in [-0.25, -0.2) is 0 Å². The maximum Gasteiger partial charge on any atom is 0.420 e. The molecule has 1 rings (SSSR count). The molecule has 0 bridgehead atoms. The van der Waals surface area contributed by atoms with Crippen LogP contribution in [-0.2, 0) is 6.18 Å². The van der Waals surface area contributed by atoms with Crippen molar-refractivity contribution in [3.8, 4) is 5.75 Å². The highest BCUT2D eigenvalue weighted by Crippen LogP contribution is 2.38.